The molecule has 1 saturated heterocycles. The first-order valence-electron chi connectivity index (χ1n) is 5.83. The van der Waals surface area contributed by atoms with Crippen LogP contribution in [0.15, 0.2) is 22.8 Å². The highest BCUT2D eigenvalue weighted by Gasteiger charge is 2.13. The Bertz CT molecular complexity index is 342. The van der Waals surface area contributed by atoms with Gasteiger partial charge < -0.3 is 14.2 Å². The van der Waals surface area contributed by atoms with Gasteiger partial charge in [0.15, 0.2) is 6.29 Å². The first-order chi connectivity index (χ1) is 8.34. The fraction of sp³-hybridized carbons (Fsp3) is 0.583. The Balaban J connectivity index is 1.62. The van der Waals surface area contributed by atoms with Gasteiger partial charge in [0.25, 0.3) is 0 Å². The summed E-state index contributed by atoms with van der Waals surface area (Å²) in [6.45, 7) is 1.82. The van der Waals surface area contributed by atoms with E-state index in [1.54, 1.807) is 0 Å². The molecule has 1 fully saturated rings. The molecule has 1 unspecified atom stereocenters. The number of hydrogen-bond acceptors (Lipinski definition) is 4. The summed E-state index contributed by atoms with van der Waals surface area (Å²) in [5.74, 6) is 0.604. The van der Waals surface area contributed by atoms with Crippen molar-refractivity contribution in [3.63, 3.8) is 0 Å². The molecule has 1 aliphatic rings. The summed E-state index contributed by atoms with van der Waals surface area (Å²) in [7, 11) is 0. The summed E-state index contributed by atoms with van der Waals surface area (Å²) in [5.41, 5.74) is 0. The second-order valence-electron chi connectivity index (χ2n) is 3.81. The predicted octanol–water partition coefficient (Wildman–Crippen LogP) is 2.77. The molecule has 0 radical (unpaired) electrons. The molecule has 0 N–H and O–H groups in total. The minimum Gasteiger partial charge on any atom is -0.475 e. The SMILES string of the molecule is Brc1cccc(OCCOC2CCCCO2)n1. The highest BCUT2D eigenvalue weighted by molar-refractivity contribution is 9.10. The summed E-state index contributed by atoms with van der Waals surface area (Å²) in [6.07, 6.45) is 3.24. The number of nitrogens with zero attached hydrogens (tertiary/aromatic N) is 1. The molecule has 0 saturated carbocycles. The minimum atomic E-state index is -0.0529. The second kappa shape index (κ2) is 6.93. The van der Waals surface area contributed by atoms with Gasteiger partial charge in [0.05, 0.1) is 6.61 Å². The van der Waals surface area contributed by atoms with E-state index in [-0.39, 0.29) is 6.29 Å². The quantitative estimate of drug-likeness (QED) is 0.619. The largest absolute Gasteiger partial charge is 0.475 e. The summed E-state index contributed by atoms with van der Waals surface area (Å²) >= 11 is 3.29. The second-order valence-corrected chi connectivity index (χ2v) is 4.63. The van der Waals surface area contributed by atoms with Gasteiger partial charge in [-0.1, -0.05) is 6.07 Å². The number of halogens is 1. The third-order valence-electron chi connectivity index (χ3n) is 2.46. The predicted molar refractivity (Wildman–Crippen MR) is 67.0 cm³/mol. The van der Waals surface area contributed by atoms with Crippen molar-refractivity contribution in [2.24, 2.45) is 0 Å². The molecule has 1 aliphatic heterocycles. The molecule has 1 atom stereocenters. The van der Waals surface area contributed by atoms with Crippen LogP contribution in [0.3, 0.4) is 0 Å². The van der Waals surface area contributed by atoms with Crippen LogP contribution >= 0.6 is 15.9 Å². The maximum Gasteiger partial charge on any atom is 0.214 e. The zero-order chi connectivity index (χ0) is 11.9. The van der Waals surface area contributed by atoms with Crippen LogP contribution < -0.4 is 4.74 Å². The summed E-state index contributed by atoms with van der Waals surface area (Å²) < 4.78 is 17.2. The number of rotatable bonds is 5. The van der Waals surface area contributed by atoms with Gasteiger partial charge in [-0.3, -0.25) is 0 Å². The van der Waals surface area contributed by atoms with E-state index >= 15 is 0 Å². The Morgan fingerprint density at radius 3 is 3.06 bits per heavy atom. The number of pyridine rings is 1. The van der Waals surface area contributed by atoms with Crippen LogP contribution in [0.5, 0.6) is 5.88 Å². The lowest BCUT2D eigenvalue weighted by molar-refractivity contribution is -0.165. The normalized spacial score (nSPS) is 20.2. The van der Waals surface area contributed by atoms with E-state index in [2.05, 4.69) is 20.9 Å². The monoisotopic (exact) mass is 301 g/mol. The number of aromatic nitrogens is 1. The van der Waals surface area contributed by atoms with Crippen LogP contribution in [0.1, 0.15) is 19.3 Å². The van der Waals surface area contributed by atoms with E-state index in [0.717, 1.165) is 24.1 Å². The van der Waals surface area contributed by atoms with Gasteiger partial charge in [-0.25, -0.2) is 4.98 Å². The van der Waals surface area contributed by atoms with Crippen LogP contribution in [0.25, 0.3) is 0 Å². The van der Waals surface area contributed by atoms with E-state index < -0.39 is 0 Å². The first kappa shape index (κ1) is 12.8. The Morgan fingerprint density at radius 2 is 2.29 bits per heavy atom. The van der Waals surface area contributed by atoms with Crippen molar-refractivity contribution in [1.82, 2.24) is 4.98 Å². The molecule has 1 aromatic rings. The maximum absolute atomic E-state index is 5.55. The van der Waals surface area contributed by atoms with Crippen LogP contribution in [0.4, 0.5) is 0 Å². The van der Waals surface area contributed by atoms with E-state index in [1.807, 2.05) is 18.2 Å². The third kappa shape index (κ3) is 4.61. The lowest BCUT2D eigenvalue weighted by atomic mass is 10.2. The maximum atomic E-state index is 5.55. The van der Waals surface area contributed by atoms with Crippen molar-refractivity contribution >= 4 is 15.9 Å². The van der Waals surface area contributed by atoms with Crippen molar-refractivity contribution in [2.75, 3.05) is 19.8 Å². The molecule has 94 valence electrons. The number of hydrogen-bond donors (Lipinski definition) is 0. The van der Waals surface area contributed by atoms with Crippen LogP contribution in [0.2, 0.25) is 0 Å². The topological polar surface area (TPSA) is 40.6 Å². The lowest BCUT2D eigenvalue weighted by Gasteiger charge is -2.22. The molecule has 5 heteroatoms. The zero-order valence-electron chi connectivity index (χ0n) is 9.60. The van der Waals surface area contributed by atoms with Gasteiger partial charge in [0.2, 0.25) is 5.88 Å². The molecular formula is C12H16BrNO3. The van der Waals surface area contributed by atoms with Crippen LogP contribution in [-0.4, -0.2) is 31.1 Å². The molecule has 2 heterocycles. The zero-order valence-corrected chi connectivity index (χ0v) is 11.2. The molecule has 1 aromatic heterocycles. The first-order valence-corrected chi connectivity index (χ1v) is 6.62. The Hall–Kier alpha value is -0.650. The number of ether oxygens (including phenoxy) is 3. The molecule has 0 spiro atoms. The van der Waals surface area contributed by atoms with Crippen molar-refractivity contribution in [3.05, 3.63) is 22.8 Å². The molecule has 0 aliphatic carbocycles. The van der Waals surface area contributed by atoms with Crippen LogP contribution in [-0.2, 0) is 9.47 Å². The molecule has 2 rings (SSSR count). The van der Waals surface area contributed by atoms with E-state index in [0.29, 0.717) is 19.1 Å². The fourth-order valence-corrected chi connectivity index (χ4v) is 1.97. The molecule has 17 heavy (non-hydrogen) atoms. The highest BCUT2D eigenvalue weighted by atomic mass is 79.9. The smallest absolute Gasteiger partial charge is 0.214 e. The minimum absolute atomic E-state index is 0.0529. The van der Waals surface area contributed by atoms with E-state index in [4.69, 9.17) is 14.2 Å². The van der Waals surface area contributed by atoms with Gasteiger partial charge >= 0.3 is 0 Å². The summed E-state index contributed by atoms with van der Waals surface area (Å²) in [5, 5.41) is 0. The average molecular weight is 302 g/mol. The van der Waals surface area contributed by atoms with Gasteiger partial charge in [-0.2, -0.15) is 0 Å². The summed E-state index contributed by atoms with van der Waals surface area (Å²) in [6, 6.07) is 5.57. The Kier molecular flexibility index (Phi) is 5.22. The van der Waals surface area contributed by atoms with Crippen molar-refractivity contribution < 1.29 is 14.2 Å². The van der Waals surface area contributed by atoms with E-state index in [1.165, 1.54) is 6.42 Å². The van der Waals surface area contributed by atoms with Gasteiger partial charge in [0, 0.05) is 12.7 Å². The Morgan fingerprint density at radius 1 is 1.35 bits per heavy atom. The fourth-order valence-electron chi connectivity index (χ4n) is 1.64. The molecule has 0 aromatic carbocycles. The molecular weight excluding hydrogens is 286 g/mol. The van der Waals surface area contributed by atoms with E-state index in [9.17, 15) is 0 Å². The molecule has 4 nitrogen and oxygen atoms in total. The van der Waals surface area contributed by atoms with Crippen LogP contribution in [0, 0.1) is 0 Å². The Labute approximate surface area is 109 Å². The van der Waals surface area contributed by atoms with Gasteiger partial charge in [0.1, 0.15) is 11.2 Å². The highest BCUT2D eigenvalue weighted by Crippen LogP contribution is 2.14. The molecule has 0 bridgehead atoms. The standard InChI is InChI=1S/C12H16BrNO3/c13-10-4-3-5-11(14-10)15-8-9-17-12-6-1-2-7-16-12/h3-5,12H,1-2,6-9H2. The van der Waals surface area contributed by atoms with Gasteiger partial charge in [-0.05, 0) is 41.3 Å². The van der Waals surface area contributed by atoms with Gasteiger partial charge in [-0.15, -0.1) is 0 Å². The van der Waals surface area contributed by atoms with Crippen molar-refractivity contribution in [2.45, 2.75) is 25.6 Å². The average Bonchev–Trinajstić information content (AvgIpc) is 2.36. The lowest BCUT2D eigenvalue weighted by Crippen LogP contribution is -2.24. The molecule has 0 amide bonds. The van der Waals surface area contributed by atoms with Crippen molar-refractivity contribution in [1.29, 1.82) is 0 Å². The third-order valence-corrected chi connectivity index (χ3v) is 2.91. The summed E-state index contributed by atoms with van der Waals surface area (Å²) in [4.78, 5) is 4.17. The van der Waals surface area contributed by atoms with Crippen molar-refractivity contribution in [3.8, 4) is 5.88 Å².